The minimum absolute atomic E-state index is 0.0857. The monoisotopic (exact) mass is 426 g/mol. The lowest BCUT2D eigenvalue weighted by Crippen LogP contribution is -2.55. The van der Waals surface area contributed by atoms with Crippen LogP contribution in [0, 0.1) is 23.2 Å². The third-order valence-corrected chi connectivity index (χ3v) is 6.85. The maximum atomic E-state index is 13.5. The zero-order chi connectivity index (χ0) is 20.9. The van der Waals surface area contributed by atoms with E-state index in [-0.39, 0.29) is 24.5 Å². The normalized spacial score (nSPS) is 37.8. The number of ether oxygens (including phenoxy) is 2. The van der Waals surface area contributed by atoms with Crippen LogP contribution < -0.4 is 4.90 Å². The second-order valence-electron chi connectivity index (χ2n) is 8.09. The van der Waals surface area contributed by atoms with Crippen molar-refractivity contribution in [3.05, 3.63) is 28.3 Å². The van der Waals surface area contributed by atoms with E-state index >= 15 is 0 Å². The molecule has 152 valence electrons. The van der Waals surface area contributed by atoms with E-state index in [0.717, 1.165) is 17.0 Å². The molecule has 0 saturated carbocycles. The van der Waals surface area contributed by atoms with Crippen molar-refractivity contribution in [2.24, 2.45) is 11.8 Å². The summed E-state index contributed by atoms with van der Waals surface area (Å²) in [7, 11) is 0. The highest BCUT2D eigenvalue weighted by atomic mass is 35.5. The molecule has 1 aromatic carbocycles. The quantitative estimate of drug-likeness (QED) is 0.689. The van der Waals surface area contributed by atoms with Crippen LogP contribution in [-0.4, -0.2) is 35.7 Å². The summed E-state index contributed by atoms with van der Waals surface area (Å²) < 4.78 is 52.3. The summed E-state index contributed by atoms with van der Waals surface area (Å²) >= 11 is 5.96. The van der Waals surface area contributed by atoms with Gasteiger partial charge in [0.2, 0.25) is 5.91 Å². The van der Waals surface area contributed by atoms with Crippen LogP contribution in [0.3, 0.4) is 0 Å². The van der Waals surface area contributed by atoms with Gasteiger partial charge in [-0.2, -0.15) is 18.4 Å². The summed E-state index contributed by atoms with van der Waals surface area (Å²) in [4.78, 5) is 27.1. The zero-order valence-electron chi connectivity index (χ0n) is 15.0. The Hall–Kier alpha value is -2.15. The van der Waals surface area contributed by atoms with E-state index in [0.29, 0.717) is 6.42 Å². The molecule has 0 aromatic heterocycles. The molecular weight excluding hydrogens is 413 g/mol. The van der Waals surface area contributed by atoms with Crippen LogP contribution in [0.15, 0.2) is 12.1 Å². The summed E-state index contributed by atoms with van der Waals surface area (Å²) in [6.07, 6.45) is -5.37. The van der Waals surface area contributed by atoms with Gasteiger partial charge in [0, 0.05) is 18.5 Å². The first kappa shape index (κ1) is 18.9. The second-order valence-corrected chi connectivity index (χ2v) is 8.49. The van der Waals surface area contributed by atoms with Crippen molar-refractivity contribution in [2.75, 3.05) is 11.5 Å². The molecule has 10 heteroatoms. The van der Waals surface area contributed by atoms with Gasteiger partial charge in [-0.3, -0.25) is 14.5 Å². The molecule has 1 spiro atoms. The van der Waals surface area contributed by atoms with E-state index < -0.39 is 57.5 Å². The van der Waals surface area contributed by atoms with E-state index in [1.165, 1.54) is 6.07 Å². The van der Waals surface area contributed by atoms with Crippen LogP contribution in [-0.2, 0) is 25.2 Å². The number of nitriles is 1. The Labute approximate surface area is 168 Å². The number of carbonyl (C=O) groups is 2. The standard InChI is InChI=1S/C19H14ClF3N2O4/c1-17-6-12(26)18(29-17)2-3-28-16-14(18)13(17)15(27)25(16)8-4-10(19(21,22)23)9(7-24)11(20)5-8/h4-5,13-14,16H,2-3,6H2,1H3/t13-,14+,16+,17-,18+/m1/s1. The van der Waals surface area contributed by atoms with Gasteiger partial charge >= 0.3 is 6.18 Å². The Kier molecular flexibility index (Phi) is 3.58. The Bertz CT molecular complexity index is 1020. The van der Waals surface area contributed by atoms with Crippen LogP contribution in [0.25, 0.3) is 0 Å². The lowest BCUT2D eigenvalue weighted by molar-refractivity contribution is -0.158. The molecular formula is C19H14ClF3N2O4. The number of anilines is 1. The lowest BCUT2D eigenvalue weighted by atomic mass is 9.65. The number of alkyl halides is 3. The highest BCUT2D eigenvalue weighted by Crippen LogP contribution is 2.64. The van der Waals surface area contributed by atoms with Crippen molar-refractivity contribution < 1.29 is 32.2 Å². The molecule has 1 amide bonds. The molecule has 0 radical (unpaired) electrons. The number of hydrogen-bond acceptors (Lipinski definition) is 5. The van der Waals surface area contributed by atoms with Gasteiger partial charge in [0.1, 0.15) is 17.9 Å². The first-order valence-electron chi connectivity index (χ1n) is 9.02. The van der Waals surface area contributed by atoms with Crippen molar-refractivity contribution in [3.63, 3.8) is 0 Å². The number of nitrogens with zero attached hydrogens (tertiary/aromatic N) is 2. The number of amides is 1. The Morgan fingerprint density at radius 1 is 1.34 bits per heavy atom. The summed E-state index contributed by atoms with van der Waals surface area (Å²) in [5.74, 6) is -1.86. The molecule has 29 heavy (non-hydrogen) atoms. The Balaban J connectivity index is 1.66. The fourth-order valence-corrected chi connectivity index (χ4v) is 5.76. The first-order chi connectivity index (χ1) is 13.5. The first-order valence-corrected chi connectivity index (χ1v) is 9.40. The van der Waals surface area contributed by atoms with Gasteiger partial charge in [-0.25, -0.2) is 0 Å². The average Bonchev–Trinajstić information content (AvgIpc) is 3.17. The van der Waals surface area contributed by atoms with Gasteiger partial charge in [-0.05, 0) is 19.1 Å². The maximum Gasteiger partial charge on any atom is 0.417 e. The second kappa shape index (κ2) is 5.50. The van der Waals surface area contributed by atoms with Gasteiger partial charge in [0.05, 0.1) is 40.2 Å². The predicted molar refractivity (Wildman–Crippen MR) is 91.8 cm³/mol. The number of hydrogen-bond donors (Lipinski definition) is 0. The molecule has 4 heterocycles. The Morgan fingerprint density at radius 2 is 2.07 bits per heavy atom. The van der Waals surface area contributed by atoms with E-state index in [1.54, 1.807) is 6.92 Å². The van der Waals surface area contributed by atoms with E-state index in [4.69, 9.17) is 26.3 Å². The molecule has 4 aliphatic rings. The van der Waals surface area contributed by atoms with Crippen molar-refractivity contribution in [1.29, 1.82) is 5.26 Å². The number of carbonyl (C=O) groups excluding carboxylic acids is 2. The van der Waals surface area contributed by atoms with Crippen LogP contribution in [0.2, 0.25) is 5.02 Å². The molecule has 6 nitrogen and oxygen atoms in total. The van der Waals surface area contributed by atoms with Gasteiger partial charge in [-0.15, -0.1) is 0 Å². The van der Waals surface area contributed by atoms with Crippen molar-refractivity contribution in [3.8, 4) is 6.07 Å². The highest BCUT2D eigenvalue weighted by molar-refractivity contribution is 6.32. The number of Topliss-reactive ketones (excluding diaryl/α,β-unsaturated/α-hetero) is 1. The summed E-state index contributed by atoms with van der Waals surface area (Å²) in [6.45, 7) is 1.82. The van der Waals surface area contributed by atoms with Gasteiger partial charge in [0.15, 0.2) is 5.78 Å². The van der Waals surface area contributed by atoms with Crippen molar-refractivity contribution >= 4 is 29.0 Å². The third-order valence-electron chi connectivity index (χ3n) is 6.55. The number of ketones is 1. The van der Waals surface area contributed by atoms with Crippen LogP contribution in [0.5, 0.6) is 0 Å². The molecule has 4 saturated heterocycles. The fraction of sp³-hybridized carbons (Fsp3) is 0.526. The van der Waals surface area contributed by atoms with E-state index in [1.807, 2.05) is 0 Å². The minimum Gasteiger partial charge on any atom is -0.359 e. The van der Waals surface area contributed by atoms with Crippen LogP contribution >= 0.6 is 11.6 Å². The van der Waals surface area contributed by atoms with Gasteiger partial charge in [0.25, 0.3) is 0 Å². The summed E-state index contributed by atoms with van der Waals surface area (Å²) in [5.41, 5.74) is -4.20. The lowest BCUT2D eigenvalue weighted by Gasteiger charge is -2.40. The molecule has 0 aliphatic carbocycles. The van der Waals surface area contributed by atoms with Crippen LogP contribution in [0.1, 0.15) is 30.9 Å². The molecule has 5 rings (SSSR count). The van der Waals surface area contributed by atoms with Gasteiger partial charge in [-0.1, -0.05) is 11.6 Å². The smallest absolute Gasteiger partial charge is 0.359 e. The molecule has 4 fully saturated rings. The molecule has 1 aromatic rings. The topological polar surface area (TPSA) is 79.6 Å². The number of halogens is 4. The van der Waals surface area contributed by atoms with Crippen molar-refractivity contribution in [1.82, 2.24) is 0 Å². The number of rotatable bonds is 1. The molecule has 0 unspecified atom stereocenters. The predicted octanol–water partition coefficient (Wildman–Crippen LogP) is 3.06. The fourth-order valence-electron chi connectivity index (χ4n) is 5.51. The minimum atomic E-state index is -4.83. The maximum absolute atomic E-state index is 13.5. The summed E-state index contributed by atoms with van der Waals surface area (Å²) in [6, 6.07) is 3.36. The SMILES string of the molecule is C[C@@]12CC(=O)[C@]3(CCO[C@H]4[C@@H]3[C@@H]1C(=O)N4c1cc(Cl)c(C#N)c(C(F)(F)F)c1)O2. The molecule has 4 aliphatic heterocycles. The van der Waals surface area contributed by atoms with Crippen molar-refractivity contribution in [2.45, 2.75) is 43.4 Å². The molecule has 0 N–H and O–H groups in total. The molecule has 2 bridgehead atoms. The van der Waals surface area contributed by atoms with E-state index in [2.05, 4.69) is 0 Å². The number of fused-ring (bicyclic) bond motifs is 2. The van der Waals surface area contributed by atoms with Gasteiger partial charge < -0.3 is 9.47 Å². The highest BCUT2D eigenvalue weighted by Gasteiger charge is 2.78. The summed E-state index contributed by atoms with van der Waals surface area (Å²) in [5, 5.41) is 8.68. The number of benzene rings is 1. The van der Waals surface area contributed by atoms with Crippen LogP contribution in [0.4, 0.5) is 18.9 Å². The largest absolute Gasteiger partial charge is 0.417 e. The zero-order valence-corrected chi connectivity index (χ0v) is 15.8. The average molecular weight is 427 g/mol. The van der Waals surface area contributed by atoms with E-state index in [9.17, 15) is 22.8 Å². The molecule has 5 atom stereocenters. The third kappa shape index (κ3) is 2.19. The Morgan fingerprint density at radius 3 is 2.72 bits per heavy atom.